The Morgan fingerprint density at radius 3 is 3.08 bits per heavy atom. The summed E-state index contributed by atoms with van der Waals surface area (Å²) in [5.41, 5.74) is 3.38. The van der Waals surface area contributed by atoms with Crippen molar-refractivity contribution in [2.45, 2.75) is 17.7 Å². The van der Waals surface area contributed by atoms with Gasteiger partial charge in [-0.3, -0.25) is 4.79 Å². The number of hydrogen-bond donors (Lipinski definition) is 0. The molecule has 2 heteroatoms. The zero-order valence-electron chi connectivity index (χ0n) is 6.59. The summed E-state index contributed by atoms with van der Waals surface area (Å²) in [5, 5.41) is 0. The molecule has 0 fully saturated rings. The fourth-order valence-corrected chi connectivity index (χ4v) is 2.40. The van der Waals surface area contributed by atoms with Crippen molar-refractivity contribution >= 4 is 22.2 Å². The number of halogens is 1. The minimum atomic E-state index is 0.451. The smallest absolute Gasteiger partial charge is 0.150 e. The summed E-state index contributed by atoms with van der Waals surface area (Å²) in [5.74, 6) is 0. The Labute approximate surface area is 79.9 Å². The van der Waals surface area contributed by atoms with Crippen molar-refractivity contribution in [3.05, 3.63) is 34.9 Å². The molecule has 1 aromatic carbocycles. The van der Waals surface area contributed by atoms with Gasteiger partial charge in [0.1, 0.15) is 6.29 Å². The number of carbonyl (C=O) groups is 1. The Kier molecular flexibility index (Phi) is 2.01. The maximum Gasteiger partial charge on any atom is 0.150 e. The summed E-state index contributed by atoms with van der Waals surface area (Å²) in [7, 11) is 0. The molecule has 0 heterocycles. The lowest BCUT2D eigenvalue weighted by Crippen LogP contribution is -1.90. The van der Waals surface area contributed by atoms with Crippen molar-refractivity contribution in [1.29, 1.82) is 0 Å². The lowest BCUT2D eigenvalue weighted by molar-refractivity contribution is 0.112. The van der Waals surface area contributed by atoms with E-state index in [1.54, 1.807) is 0 Å². The van der Waals surface area contributed by atoms with Gasteiger partial charge in [-0.05, 0) is 24.0 Å². The van der Waals surface area contributed by atoms with Crippen LogP contribution in [-0.4, -0.2) is 6.29 Å². The van der Waals surface area contributed by atoms with Gasteiger partial charge >= 0.3 is 0 Å². The highest BCUT2D eigenvalue weighted by atomic mass is 79.9. The summed E-state index contributed by atoms with van der Waals surface area (Å²) in [4.78, 5) is 11.1. The average Bonchev–Trinajstić information content (AvgIpc) is 2.48. The predicted molar refractivity (Wildman–Crippen MR) is 51.8 cm³/mol. The molecule has 2 rings (SSSR count). The number of hydrogen-bond acceptors (Lipinski definition) is 1. The molecule has 1 aliphatic rings. The van der Waals surface area contributed by atoms with E-state index in [1.807, 2.05) is 12.1 Å². The summed E-state index contributed by atoms with van der Waals surface area (Å²) in [6, 6.07) is 5.92. The highest BCUT2D eigenvalue weighted by Crippen LogP contribution is 2.38. The first-order valence-corrected chi connectivity index (χ1v) is 4.95. The van der Waals surface area contributed by atoms with Gasteiger partial charge in [0.25, 0.3) is 0 Å². The second-order valence-electron chi connectivity index (χ2n) is 3.04. The molecule has 0 amide bonds. The first kappa shape index (κ1) is 7.99. The molecule has 62 valence electrons. The highest BCUT2D eigenvalue weighted by Gasteiger charge is 2.21. The molecule has 0 aliphatic heterocycles. The number of benzene rings is 1. The van der Waals surface area contributed by atoms with Crippen LogP contribution in [0, 0.1) is 0 Å². The molecule has 0 N–H and O–H groups in total. The van der Waals surface area contributed by atoms with Crippen LogP contribution in [0.1, 0.15) is 32.7 Å². The van der Waals surface area contributed by atoms with Crippen molar-refractivity contribution in [2.24, 2.45) is 0 Å². The van der Waals surface area contributed by atoms with Crippen LogP contribution in [0.4, 0.5) is 0 Å². The lowest BCUT2D eigenvalue weighted by atomic mass is 10.0. The minimum absolute atomic E-state index is 0.451. The number of alkyl halides is 1. The first-order valence-electron chi connectivity index (χ1n) is 4.04. The SMILES string of the molecule is O=Cc1cccc2c1CCC2Br. The molecule has 1 aromatic rings. The number of fused-ring (bicyclic) bond motifs is 1. The minimum Gasteiger partial charge on any atom is -0.298 e. The van der Waals surface area contributed by atoms with Crippen LogP contribution in [0.15, 0.2) is 18.2 Å². The van der Waals surface area contributed by atoms with Gasteiger partial charge in [0.05, 0.1) is 0 Å². The molecule has 0 aromatic heterocycles. The second-order valence-corrected chi connectivity index (χ2v) is 4.14. The third kappa shape index (κ3) is 1.11. The van der Waals surface area contributed by atoms with Crippen LogP contribution in [-0.2, 0) is 6.42 Å². The normalized spacial score (nSPS) is 20.6. The van der Waals surface area contributed by atoms with E-state index >= 15 is 0 Å². The van der Waals surface area contributed by atoms with Crippen molar-refractivity contribution in [3.8, 4) is 0 Å². The fourth-order valence-electron chi connectivity index (χ4n) is 1.74. The quantitative estimate of drug-likeness (QED) is 0.530. The molecule has 0 saturated carbocycles. The highest BCUT2D eigenvalue weighted by molar-refractivity contribution is 9.09. The van der Waals surface area contributed by atoms with Gasteiger partial charge in [0, 0.05) is 10.4 Å². The summed E-state index contributed by atoms with van der Waals surface area (Å²) >= 11 is 3.58. The first-order chi connectivity index (χ1) is 5.83. The third-order valence-electron chi connectivity index (χ3n) is 2.36. The molecule has 0 radical (unpaired) electrons. The van der Waals surface area contributed by atoms with Gasteiger partial charge in [-0.1, -0.05) is 34.1 Å². The molecule has 1 aliphatic carbocycles. The Hall–Kier alpha value is -0.630. The summed E-state index contributed by atoms with van der Waals surface area (Å²) < 4.78 is 0. The van der Waals surface area contributed by atoms with Crippen LogP contribution in [0.5, 0.6) is 0 Å². The number of carbonyl (C=O) groups excluding carboxylic acids is 1. The standard InChI is InChI=1S/C10H9BrO/c11-10-5-4-8-7(6-12)2-1-3-9(8)10/h1-3,6,10H,4-5H2. The third-order valence-corrected chi connectivity index (χ3v) is 3.31. The summed E-state index contributed by atoms with van der Waals surface area (Å²) in [6.07, 6.45) is 3.09. The number of rotatable bonds is 1. The largest absolute Gasteiger partial charge is 0.298 e. The van der Waals surface area contributed by atoms with Crippen LogP contribution in [0.25, 0.3) is 0 Å². The van der Waals surface area contributed by atoms with Gasteiger partial charge in [-0.15, -0.1) is 0 Å². The predicted octanol–water partition coefficient (Wildman–Crippen LogP) is 2.88. The zero-order valence-corrected chi connectivity index (χ0v) is 8.17. The lowest BCUT2D eigenvalue weighted by Gasteiger charge is -2.03. The zero-order chi connectivity index (χ0) is 8.55. The van der Waals surface area contributed by atoms with E-state index < -0.39 is 0 Å². The van der Waals surface area contributed by atoms with Crippen molar-refractivity contribution < 1.29 is 4.79 Å². The molecular formula is C10H9BrO. The van der Waals surface area contributed by atoms with Crippen molar-refractivity contribution in [2.75, 3.05) is 0 Å². The topological polar surface area (TPSA) is 17.1 Å². The molecule has 0 saturated heterocycles. The maximum atomic E-state index is 10.7. The van der Waals surface area contributed by atoms with E-state index in [4.69, 9.17) is 0 Å². The van der Waals surface area contributed by atoms with E-state index in [0.717, 1.165) is 24.7 Å². The second kappa shape index (κ2) is 3.02. The van der Waals surface area contributed by atoms with E-state index in [1.165, 1.54) is 11.1 Å². The number of aldehydes is 1. The van der Waals surface area contributed by atoms with Crippen LogP contribution >= 0.6 is 15.9 Å². The van der Waals surface area contributed by atoms with Crippen LogP contribution in [0.2, 0.25) is 0 Å². The van der Waals surface area contributed by atoms with Gasteiger partial charge in [0.2, 0.25) is 0 Å². The molecular weight excluding hydrogens is 216 g/mol. The van der Waals surface area contributed by atoms with Crippen LogP contribution in [0.3, 0.4) is 0 Å². The fraction of sp³-hybridized carbons (Fsp3) is 0.300. The summed E-state index contributed by atoms with van der Waals surface area (Å²) in [6.45, 7) is 0. The van der Waals surface area contributed by atoms with Gasteiger partial charge in [-0.2, -0.15) is 0 Å². The van der Waals surface area contributed by atoms with E-state index in [9.17, 15) is 4.79 Å². The maximum absolute atomic E-state index is 10.7. The molecule has 0 spiro atoms. The Morgan fingerprint density at radius 2 is 2.33 bits per heavy atom. The molecule has 12 heavy (non-hydrogen) atoms. The van der Waals surface area contributed by atoms with Gasteiger partial charge < -0.3 is 0 Å². The van der Waals surface area contributed by atoms with Crippen molar-refractivity contribution in [1.82, 2.24) is 0 Å². The molecule has 1 atom stereocenters. The van der Waals surface area contributed by atoms with Gasteiger partial charge in [0.15, 0.2) is 0 Å². The Morgan fingerprint density at radius 1 is 1.50 bits per heavy atom. The van der Waals surface area contributed by atoms with Gasteiger partial charge in [-0.25, -0.2) is 0 Å². The average molecular weight is 225 g/mol. The van der Waals surface area contributed by atoms with E-state index in [-0.39, 0.29) is 0 Å². The monoisotopic (exact) mass is 224 g/mol. The van der Waals surface area contributed by atoms with Crippen molar-refractivity contribution in [3.63, 3.8) is 0 Å². The van der Waals surface area contributed by atoms with E-state index in [0.29, 0.717) is 4.83 Å². The Balaban J connectivity index is 2.57. The molecule has 1 unspecified atom stereocenters. The molecule has 1 nitrogen and oxygen atoms in total. The van der Waals surface area contributed by atoms with Crippen LogP contribution < -0.4 is 0 Å². The Bertz CT molecular complexity index is 320. The van der Waals surface area contributed by atoms with E-state index in [2.05, 4.69) is 22.0 Å². The molecule has 0 bridgehead atoms.